The maximum absolute atomic E-state index is 13.6. The quantitative estimate of drug-likeness (QED) is 0.754. The van der Waals surface area contributed by atoms with Crippen LogP contribution >= 0.6 is 0 Å². The number of anilines is 1. The van der Waals surface area contributed by atoms with Crippen molar-refractivity contribution in [2.45, 2.75) is 37.9 Å². The van der Waals surface area contributed by atoms with E-state index in [1.54, 1.807) is 6.33 Å². The van der Waals surface area contributed by atoms with E-state index in [1.807, 2.05) is 24.8 Å². The van der Waals surface area contributed by atoms with Crippen LogP contribution in [0.3, 0.4) is 0 Å². The number of alkyl halides is 1. The van der Waals surface area contributed by atoms with Crippen LogP contribution in [0.2, 0.25) is 0 Å². The highest BCUT2D eigenvalue weighted by Crippen LogP contribution is 2.36. The minimum absolute atomic E-state index is 0.493. The van der Waals surface area contributed by atoms with Gasteiger partial charge in [-0.25, -0.2) is 19.3 Å². The zero-order valence-electron chi connectivity index (χ0n) is 15.9. The molecule has 0 unspecified atom stereocenters. The number of likely N-dealkylation sites (tertiary alicyclic amines) is 1. The molecule has 3 aromatic rings. The smallest absolute Gasteiger partial charge is 0.139 e. The van der Waals surface area contributed by atoms with E-state index < -0.39 is 6.17 Å². The van der Waals surface area contributed by atoms with Crippen molar-refractivity contribution >= 4 is 16.7 Å². The van der Waals surface area contributed by atoms with Crippen molar-refractivity contribution in [3.05, 3.63) is 37.2 Å². The van der Waals surface area contributed by atoms with Crippen LogP contribution < -0.4 is 4.90 Å². The zero-order valence-corrected chi connectivity index (χ0v) is 15.9. The van der Waals surface area contributed by atoms with Gasteiger partial charge in [-0.2, -0.15) is 0 Å². The SMILES string of the molecule is FC1CCN([C@H]2CCCN(c3ccnc4[nH]cc(-c5cncnc5)c34)C2)CC1. The molecule has 0 amide bonds. The first-order chi connectivity index (χ1) is 13.8. The Bertz CT molecular complexity index is 934. The van der Waals surface area contributed by atoms with Gasteiger partial charge in [0, 0.05) is 73.8 Å². The van der Waals surface area contributed by atoms with Gasteiger partial charge in [0.2, 0.25) is 0 Å². The number of halogens is 1. The number of hydrogen-bond acceptors (Lipinski definition) is 5. The summed E-state index contributed by atoms with van der Waals surface area (Å²) in [6, 6.07) is 2.60. The highest BCUT2D eigenvalue weighted by molar-refractivity contribution is 6.02. The molecule has 0 saturated carbocycles. The lowest BCUT2D eigenvalue weighted by Crippen LogP contribution is -2.50. The van der Waals surface area contributed by atoms with Crippen molar-refractivity contribution in [1.29, 1.82) is 0 Å². The van der Waals surface area contributed by atoms with Gasteiger partial charge >= 0.3 is 0 Å². The number of pyridine rings is 1. The van der Waals surface area contributed by atoms with E-state index in [0.29, 0.717) is 18.9 Å². The lowest BCUT2D eigenvalue weighted by molar-refractivity contribution is 0.102. The summed E-state index contributed by atoms with van der Waals surface area (Å²) < 4.78 is 13.6. The maximum atomic E-state index is 13.6. The molecule has 146 valence electrons. The normalized spacial score (nSPS) is 22.0. The predicted molar refractivity (Wildman–Crippen MR) is 108 cm³/mol. The molecule has 0 aliphatic carbocycles. The average Bonchev–Trinajstić information content (AvgIpc) is 3.19. The first kappa shape index (κ1) is 17.6. The number of rotatable bonds is 3. The van der Waals surface area contributed by atoms with Crippen LogP contribution in [-0.2, 0) is 0 Å². The van der Waals surface area contributed by atoms with Crippen LogP contribution in [0.5, 0.6) is 0 Å². The molecule has 6 nitrogen and oxygen atoms in total. The molecule has 0 aromatic carbocycles. The van der Waals surface area contributed by atoms with Gasteiger partial charge in [-0.15, -0.1) is 0 Å². The highest BCUT2D eigenvalue weighted by Gasteiger charge is 2.29. The molecule has 2 saturated heterocycles. The van der Waals surface area contributed by atoms with Crippen LogP contribution in [0.4, 0.5) is 10.1 Å². The summed E-state index contributed by atoms with van der Waals surface area (Å²) in [6.45, 7) is 3.77. The number of nitrogens with one attached hydrogen (secondary N) is 1. The van der Waals surface area contributed by atoms with E-state index >= 15 is 0 Å². The molecule has 3 aromatic heterocycles. The van der Waals surface area contributed by atoms with Crippen molar-refractivity contribution < 1.29 is 4.39 Å². The number of H-pyrrole nitrogens is 1. The molecule has 5 rings (SSSR count). The van der Waals surface area contributed by atoms with Gasteiger partial charge in [-0.05, 0) is 31.7 Å². The number of hydrogen-bond donors (Lipinski definition) is 1. The first-order valence-corrected chi connectivity index (χ1v) is 10.1. The average molecular weight is 380 g/mol. The summed E-state index contributed by atoms with van der Waals surface area (Å²) in [5, 5.41) is 1.13. The van der Waals surface area contributed by atoms with Gasteiger partial charge in [0.05, 0.1) is 5.39 Å². The van der Waals surface area contributed by atoms with Gasteiger partial charge in [-0.3, -0.25) is 4.90 Å². The Morgan fingerprint density at radius 2 is 1.89 bits per heavy atom. The van der Waals surface area contributed by atoms with Crippen molar-refractivity contribution in [3.8, 4) is 11.1 Å². The molecule has 1 atom stereocenters. The van der Waals surface area contributed by atoms with Crippen LogP contribution in [0, 0.1) is 0 Å². The fraction of sp³-hybridized carbons (Fsp3) is 0.476. The van der Waals surface area contributed by atoms with E-state index in [1.165, 1.54) is 12.1 Å². The van der Waals surface area contributed by atoms with E-state index in [2.05, 4.69) is 35.8 Å². The van der Waals surface area contributed by atoms with Crippen LogP contribution in [0.25, 0.3) is 22.2 Å². The fourth-order valence-electron chi connectivity index (χ4n) is 4.67. The van der Waals surface area contributed by atoms with Gasteiger partial charge in [0.25, 0.3) is 0 Å². The molecular weight excluding hydrogens is 355 g/mol. The Hall–Kier alpha value is -2.54. The Labute approximate surface area is 163 Å². The largest absolute Gasteiger partial charge is 0.369 e. The van der Waals surface area contributed by atoms with Crippen molar-refractivity contribution in [2.75, 3.05) is 31.1 Å². The predicted octanol–water partition coefficient (Wildman–Crippen LogP) is 3.42. The van der Waals surface area contributed by atoms with Crippen molar-refractivity contribution in [2.24, 2.45) is 0 Å². The van der Waals surface area contributed by atoms with Crippen molar-refractivity contribution in [3.63, 3.8) is 0 Å². The Morgan fingerprint density at radius 3 is 2.71 bits per heavy atom. The molecule has 5 heterocycles. The molecule has 0 bridgehead atoms. The topological polar surface area (TPSA) is 60.9 Å². The number of nitrogens with zero attached hydrogens (tertiary/aromatic N) is 5. The van der Waals surface area contributed by atoms with Crippen LogP contribution in [-0.4, -0.2) is 63.2 Å². The van der Waals surface area contributed by atoms with Crippen LogP contribution in [0.1, 0.15) is 25.7 Å². The minimum atomic E-state index is -0.619. The molecule has 1 N–H and O–H groups in total. The number of fused-ring (bicyclic) bond motifs is 1. The van der Waals surface area contributed by atoms with Gasteiger partial charge in [-0.1, -0.05) is 0 Å². The Kier molecular flexibility index (Phi) is 4.68. The fourth-order valence-corrected chi connectivity index (χ4v) is 4.67. The van der Waals surface area contributed by atoms with E-state index in [9.17, 15) is 4.39 Å². The lowest BCUT2D eigenvalue weighted by Gasteiger charge is -2.42. The molecule has 28 heavy (non-hydrogen) atoms. The standard InChI is InChI=1S/C21H25FN6/c22-16-4-8-27(9-5-16)17-2-1-7-28(13-17)19-3-6-25-21-20(19)18(12-26-21)15-10-23-14-24-11-15/h3,6,10-12,14,16-17H,1-2,4-5,7-9,13H2,(H,25,26)/t17-/m0/s1. The second kappa shape index (κ2) is 7.47. The van der Waals surface area contributed by atoms with Gasteiger partial charge in [0.15, 0.2) is 0 Å². The molecular formula is C21H25FN6. The summed E-state index contributed by atoms with van der Waals surface area (Å²) in [5.41, 5.74) is 4.16. The number of aromatic nitrogens is 4. The zero-order chi connectivity index (χ0) is 18.9. The summed E-state index contributed by atoms with van der Waals surface area (Å²) in [6.07, 6.45) is 12.2. The van der Waals surface area contributed by atoms with E-state index in [-0.39, 0.29) is 0 Å². The summed E-state index contributed by atoms with van der Waals surface area (Å²) >= 11 is 0. The first-order valence-electron chi connectivity index (χ1n) is 10.1. The van der Waals surface area contributed by atoms with E-state index in [0.717, 1.165) is 54.8 Å². The summed E-state index contributed by atoms with van der Waals surface area (Å²) in [5.74, 6) is 0. The summed E-state index contributed by atoms with van der Waals surface area (Å²) in [7, 11) is 0. The van der Waals surface area contributed by atoms with Crippen molar-refractivity contribution in [1.82, 2.24) is 24.8 Å². The third kappa shape index (κ3) is 3.24. The molecule has 2 aliphatic rings. The molecule has 7 heteroatoms. The van der Waals surface area contributed by atoms with E-state index in [4.69, 9.17) is 0 Å². The lowest BCUT2D eigenvalue weighted by atomic mass is 9.99. The molecule has 2 fully saturated rings. The second-order valence-corrected chi connectivity index (χ2v) is 7.84. The number of aromatic amines is 1. The maximum Gasteiger partial charge on any atom is 0.139 e. The monoisotopic (exact) mass is 380 g/mol. The van der Waals surface area contributed by atoms with Gasteiger partial charge < -0.3 is 9.88 Å². The second-order valence-electron chi connectivity index (χ2n) is 7.84. The van der Waals surface area contributed by atoms with Gasteiger partial charge in [0.1, 0.15) is 18.1 Å². The molecule has 0 radical (unpaired) electrons. The highest BCUT2D eigenvalue weighted by atomic mass is 19.1. The third-order valence-electron chi connectivity index (χ3n) is 6.14. The third-order valence-corrected chi connectivity index (χ3v) is 6.14. The number of piperidine rings is 2. The minimum Gasteiger partial charge on any atom is -0.369 e. The molecule has 0 spiro atoms. The Balaban J connectivity index is 1.46. The molecule has 2 aliphatic heterocycles. The summed E-state index contributed by atoms with van der Waals surface area (Å²) in [4.78, 5) is 21.1. The van der Waals surface area contributed by atoms with Crippen LogP contribution in [0.15, 0.2) is 37.2 Å². The Morgan fingerprint density at radius 1 is 1.07 bits per heavy atom.